The van der Waals surface area contributed by atoms with Crippen LogP contribution in [0, 0.1) is 0 Å². The molecule has 0 saturated carbocycles. The van der Waals surface area contributed by atoms with E-state index < -0.39 is 5.97 Å². The van der Waals surface area contributed by atoms with Crippen LogP contribution >= 0.6 is 0 Å². The highest BCUT2D eigenvalue weighted by Crippen LogP contribution is 2.30. The zero-order valence-electron chi connectivity index (χ0n) is 14.0. The van der Waals surface area contributed by atoms with Crippen molar-refractivity contribution >= 4 is 27.8 Å². The molecule has 2 aromatic heterocycles. The Balaban J connectivity index is 2.03. The number of rotatable bonds is 3. The molecule has 0 atom stereocenters. The van der Waals surface area contributed by atoms with E-state index in [1.54, 1.807) is 31.2 Å². The van der Waals surface area contributed by atoms with Crippen molar-refractivity contribution < 1.29 is 14.6 Å². The summed E-state index contributed by atoms with van der Waals surface area (Å²) in [4.78, 5) is 30.3. The second-order valence-electron chi connectivity index (χ2n) is 5.94. The lowest BCUT2D eigenvalue weighted by atomic mass is 10.0. The van der Waals surface area contributed by atoms with Crippen LogP contribution in [0.15, 0.2) is 53.5 Å². The molecule has 130 valence electrons. The lowest BCUT2D eigenvalue weighted by molar-refractivity contribution is 0.0529. The van der Waals surface area contributed by atoms with Gasteiger partial charge in [0.1, 0.15) is 11.3 Å². The maximum Gasteiger partial charge on any atom is 0.340 e. The molecule has 0 saturated heterocycles. The molecule has 0 spiro atoms. The van der Waals surface area contributed by atoms with Crippen LogP contribution in [-0.4, -0.2) is 27.7 Å². The van der Waals surface area contributed by atoms with Crippen LogP contribution in [0.5, 0.6) is 5.75 Å². The Morgan fingerprint density at radius 3 is 2.73 bits per heavy atom. The Morgan fingerprint density at radius 2 is 1.96 bits per heavy atom. The standard InChI is InChI=1S/C20H16N2O4/c1-2-26-20(25)15-10-21-18-17(15)14-9-12(6-7-16(14)22-19(18)24)11-4-3-5-13(23)8-11/h3-10,21,23H,2H2,1H3,(H,22,24). The Morgan fingerprint density at radius 1 is 1.15 bits per heavy atom. The largest absolute Gasteiger partial charge is 0.508 e. The average Bonchev–Trinajstić information content (AvgIpc) is 3.08. The van der Waals surface area contributed by atoms with E-state index in [-0.39, 0.29) is 17.9 Å². The van der Waals surface area contributed by atoms with Crippen molar-refractivity contribution in [1.29, 1.82) is 0 Å². The lowest BCUT2D eigenvalue weighted by Crippen LogP contribution is -2.08. The van der Waals surface area contributed by atoms with Gasteiger partial charge >= 0.3 is 5.97 Å². The van der Waals surface area contributed by atoms with Gasteiger partial charge in [-0.2, -0.15) is 0 Å². The average molecular weight is 348 g/mol. The highest BCUT2D eigenvalue weighted by Gasteiger charge is 2.18. The number of aromatic amines is 2. The lowest BCUT2D eigenvalue weighted by Gasteiger charge is -2.07. The summed E-state index contributed by atoms with van der Waals surface area (Å²) >= 11 is 0. The van der Waals surface area contributed by atoms with Crippen molar-refractivity contribution in [3.05, 3.63) is 64.6 Å². The summed E-state index contributed by atoms with van der Waals surface area (Å²) < 4.78 is 5.11. The van der Waals surface area contributed by atoms with E-state index in [2.05, 4.69) is 9.97 Å². The second-order valence-corrected chi connectivity index (χ2v) is 5.94. The molecule has 6 heteroatoms. The maximum absolute atomic E-state index is 12.3. The van der Waals surface area contributed by atoms with Crippen LogP contribution in [0.1, 0.15) is 17.3 Å². The topological polar surface area (TPSA) is 95.2 Å². The van der Waals surface area contributed by atoms with Crippen molar-refractivity contribution in [2.75, 3.05) is 6.61 Å². The summed E-state index contributed by atoms with van der Waals surface area (Å²) in [5.41, 5.74) is 2.67. The van der Waals surface area contributed by atoms with Crippen molar-refractivity contribution in [3.8, 4) is 16.9 Å². The zero-order valence-corrected chi connectivity index (χ0v) is 14.0. The zero-order chi connectivity index (χ0) is 18.3. The number of carbonyl (C=O) groups excluding carboxylic acids is 1. The summed E-state index contributed by atoms with van der Waals surface area (Å²) in [6, 6.07) is 12.4. The Kier molecular flexibility index (Phi) is 3.73. The number of hydrogen-bond acceptors (Lipinski definition) is 4. The Hall–Kier alpha value is -3.54. The van der Waals surface area contributed by atoms with Crippen molar-refractivity contribution in [2.45, 2.75) is 6.92 Å². The minimum absolute atomic E-state index is 0.170. The molecule has 0 aliphatic heterocycles. The van der Waals surface area contributed by atoms with E-state index in [4.69, 9.17) is 4.74 Å². The van der Waals surface area contributed by atoms with Crippen LogP contribution in [0.25, 0.3) is 32.9 Å². The molecule has 0 amide bonds. The van der Waals surface area contributed by atoms with Gasteiger partial charge < -0.3 is 19.8 Å². The smallest absolute Gasteiger partial charge is 0.340 e. The fourth-order valence-corrected chi connectivity index (χ4v) is 3.16. The number of aromatic hydroxyl groups is 1. The molecule has 4 aromatic rings. The molecule has 0 unspecified atom stereocenters. The molecular weight excluding hydrogens is 332 g/mol. The maximum atomic E-state index is 12.3. The van der Waals surface area contributed by atoms with Gasteiger partial charge in [-0.25, -0.2) is 4.79 Å². The first-order valence-corrected chi connectivity index (χ1v) is 8.22. The summed E-state index contributed by atoms with van der Waals surface area (Å²) in [5.74, 6) is -0.309. The minimum Gasteiger partial charge on any atom is -0.508 e. The third kappa shape index (κ3) is 2.52. The number of pyridine rings is 1. The van der Waals surface area contributed by atoms with Gasteiger partial charge in [0.2, 0.25) is 0 Å². The number of phenolic OH excluding ortho intramolecular Hbond substituents is 1. The quantitative estimate of drug-likeness (QED) is 0.493. The summed E-state index contributed by atoms with van der Waals surface area (Å²) in [6.07, 6.45) is 1.50. The summed E-state index contributed by atoms with van der Waals surface area (Å²) in [6.45, 7) is 1.98. The molecule has 3 N–H and O–H groups in total. The van der Waals surface area contributed by atoms with E-state index >= 15 is 0 Å². The number of benzene rings is 2. The molecule has 0 aliphatic carbocycles. The number of nitrogens with one attached hydrogen (secondary N) is 2. The fourth-order valence-electron chi connectivity index (χ4n) is 3.16. The third-order valence-corrected chi connectivity index (χ3v) is 4.32. The second kappa shape index (κ2) is 6.07. The number of carbonyl (C=O) groups is 1. The van der Waals surface area contributed by atoms with Crippen LogP contribution < -0.4 is 5.56 Å². The molecule has 6 nitrogen and oxygen atoms in total. The molecule has 0 bridgehead atoms. The van der Waals surface area contributed by atoms with E-state index in [0.717, 1.165) is 16.5 Å². The molecule has 0 fully saturated rings. The molecule has 0 radical (unpaired) electrons. The summed E-state index contributed by atoms with van der Waals surface area (Å²) in [5, 5.41) is 11.0. The van der Waals surface area contributed by atoms with E-state index in [9.17, 15) is 14.7 Å². The van der Waals surface area contributed by atoms with E-state index in [0.29, 0.717) is 22.0 Å². The number of phenols is 1. The van der Waals surface area contributed by atoms with Gasteiger partial charge in [-0.1, -0.05) is 18.2 Å². The van der Waals surface area contributed by atoms with Gasteiger partial charge in [-0.3, -0.25) is 4.79 Å². The molecule has 2 aromatic carbocycles. The highest BCUT2D eigenvalue weighted by molar-refractivity contribution is 6.15. The van der Waals surface area contributed by atoms with Crippen molar-refractivity contribution in [3.63, 3.8) is 0 Å². The minimum atomic E-state index is -0.478. The number of ether oxygens (including phenoxy) is 1. The monoisotopic (exact) mass is 348 g/mol. The number of hydrogen-bond donors (Lipinski definition) is 3. The number of fused-ring (bicyclic) bond motifs is 3. The Labute approximate surface area is 148 Å². The van der Waals surface area contributed by atoms with Gasteiger partial charge in [-0.05, 0) is 42.3 Å². The molecular formula is C20H16N2O4. The number of aromatic nitrogens is 2. The fraction of sp³-hybridized carbons (Fsp3) is 0.100. The molecule has 4 rings (SSSR count). The molecule has 0 aliphatic rings. The van der Waals surface area contributed by atoms with Crippen molar-refractivity contribution in [2.24, 2.45) is 0 Å². The van der Waals surface area contributed by atoms with Gasteiger partial charge in [0.05, 0.1) is 12.2 Å². The summed E-state index contributed by atoms with van der Waals surface area (Å²) in [7, 11) is 0. The SMILES string of the molecule is CCOC(=O)c1c[nH]c2c(=O)[nH]c3ccc(-c4cccc(O)c4)cc3c12. The number of esters is 1. The Bertz CT molecular complexity index is 1200. The van der Waals surface area contributed by atoms with Gasteiger partial charge in [0.15, 0.2) is 0 Å². The first-order valence-electron chi connectivity index (χ1n) is 8.22. The molecule has 2 heterocycles. The van der Waals surface area contributed by atoms with Gasteiger partial charge in [-0.15, -0.1) is 0 Å². The van der Waals surface area contributed by atoms with Gasteiger partial charge in [0, 0.05) is 22.5 Å². The van der Waals surface area contributed by atoms with Gasteiger partial charge in [0.25, 0.3) is 5.56 Å². The normalized spacial score (nSPS) is 11.1. The first-order chi connectivity index (χ1) is 12.6. The predicted molar refractivity (Wildman–Crippen MR) is 99.5 cm³/mol. The van der Waals surface area contributed by atoms with Crippen LogP contribution in [0.3, 0.4) is 0 Å². The highest BCUT2D eigenvalue weighted by atomic mass is 16.5. The van der Waals surface area contributed by atoms with Crippen LogP contribution in [0.2, 0.25) is 0 Å². The van der Waals surface area contributed by atoms with Crippen LogP contribution in [-0.2, 0) is 4.74 Å². The number of H-pyrrole nitrogens is 2. The van der Waals surface area contributed by atoms with Crippen LogP contribution in [0.4, 0.5) is 0 Å². The van der Waals surface area contributed by atoms with E-state index in [1.165, 1.54) is 6.20 Å². The van der Waals surface area contributed by atoms with E-state index in [1.807, 2.05) is 18.2 Å². The molecule has 26 heavy (non-hydrogen) atoms. The first kappa shape index (κ1) is 16.0. The third-order valence-electron chi connectivity index (χ3n) is 4.32. The van der Waals surface area contributed by atoms with Crippen molar-refractivity contribution in [1.82, 2.24) is 9.97 Å². The predicted octanol–water partition coefficient (Wildman–Crippen LogP) is 3.56.